The molecular formula is C17H13ClN4O5S. The van der Waals surface area contributed by atoms with Crippen LogP contribution in [0.1, 0.15) is 5.89 Å². The van der Waals surface area contributed by atoms with Crippen LogP contribution in [-0.2, 0) is 11.4 Å². The van der Waals surface area contributed by atoms with Crippen molar-refractivity contribution in [3.8, 4) is 5.75 Å². The van der Waals surface area contributed by atoms with Crippen molar-refractivity contribution in [3.63, 3.8) is 0 Å². The van der Waals surface area contributed by atoms with Gasteiger partial charge in [-0.25, -0.2) is 0 Å². The molecule has 0 saturated carbocycles. The molecule has 0 radical (unpaired) electrons. The lowest BCUT2D eigenvalue weighted by molar-refractivity contribution is -0.383. The van der Waals surface area contributed by atoms with Crippen LogP contribution in [0, 0.1) is 10.1 Å². The largest absolute Gasteiger partial charge is 0.482 e. The molecule has 1 aromatic heterocycles. The number of nitrogens with one attached hydrogen (secondary N) is 1. The second-order valence-corrected chi connectivity index (χ2v) is 6.63. The molecule has 0 atom stereocenters. The van der Waals surface area contributed by atoms with E-state index in [1.165, 1.54) is 18.2 Å². The van der Waals surface area contributed by atoms with Crippen molar-refractivity contribution in [2.24, 2.45) is 0 Å². The van der Waals surface area contributed by atoms with Gasteiger partial charge in [0.2, 0.25) is 5.91 Å². The molecule has 9 nitrogen and oxygen atoms in total. The first-order valence-corrected chi connectivity index (χ1v) is 9.25. The first-order chi connectivity index (χ1) is 13.5. The van der Waals surface area contributed by atoms with E-state index in [0.717, 1.165) is 11.8 Å². The minimum atomic E-state index is -0.563. The van der Waals surface area contributed by atoms with Crippen molar-refractivity contribution in [3.05, 3.63) is 69.6 Å². The van der Waals surface area contributed by atoms with Crippen LogP contribution in [0.2, 0.25) is 5.02 Å². The molecule has 0 fully saturated rings. The van der Waals surface area contributed by atoms with Gasteiger partial charge in [-0.1, -0.05) is 47.6 Å². The summed E-state index contributed by atoms with van der Waals surface area (Å²) >= 11 is 7.00. The summed E-state index contributed by atoms with van der Waals surface area (Å²) in [5.41, 5.74) is -0.0601. The van der Waals surface area contributed by atoms with Crippen LogP contribution in [0.3, 0.4) is 0 Å². The highest BCUT2D eigenvalue weighted by atomic mass is 35.5. The Labute approximate surface area is 168 Å². The van der Waals surface area contributed by atoms with Crippen molar-refractivity contribution in [1.82, 2.24) is 10.2 Å². The maximum atomic E-state index is 12.0. The number of rotatable bonds is 8. The van der Waals surface area contributed by atoms with Gasteiger partial charge in [0, 0.05) is 6.07 Å². The average molecular weight is 421 g/mol. The van der Waals surface area contributed by atoms with Gasteiger partial charge in [-0.05, 0) is 18.2 Å². The number of nitro benzene ring substituents is 1. The molecule has 1 N–H and O–H groups in total. The van der Waals surface area contributed by atoms with E-state index in [1.54, 1.807) is 30.3 Å². The van der Waals surface area contributed by atoms with Crippen molar-refractivity contribution in [2.75, 3.05) is 11.1 Å². The van der Waals surface area contributed by atoms with Crippen LogP contribution in [0.15, 0.2) is 58.2 Å². The van der Waals surface area contributed by atoms with E-state index in [9.17, 15) is 14.9 Å². The standard InChI is InChI=1S/C17H13ClN4O5S/c18-11-5-1-4-8-14(11)26-9-16-20-21-17(27-16)28-10-15(23)19-12-6-2-3-7-13(12)22(24)25/h1-8H,9-10H2,(H,19,23). The van der Waals surface area contributed by atoms with Crippen LogP contribution < -0.4 is 10.1 Å². The molecular weight excluding hydrogens is 408 g/mol. The van der Waals surface area contributed by atoms with Gasteiger partial charge in [-0.15, -0.1) is 10.2 Å². The Morgan fingerprint density at radius 1 is 1.21 bits per heavy atom. The van der Waals surface area contributed by atoms with Crippen LogP contribution in [0.25, 0.3) is 0 Å². The van der Waals surface area contributed by atoms with E-state index in [0.29, 0.717) is 10.8 Å². The van der Waals surface area contributed by atoms with E-state index < -0.39 is 10.8 Å². The molecule has 0 spiro atoms. The van der Waals surface area contributed by atoms with E-state index in [4.69, 9.17) is 20.8 Å². The number of halogens is 1. The van der Waals surface area contributed by atoms with Crippen LogP contribution in [-0.4, -0.2) is 26.8 Å². The Balaban J connectivity index is 1.51. The quantitative estimate of drug-likeness (QED) is 0.330. The lowest BCUT2D eigenvalue weighted by Gasteiger charge is -2.05. The third-order valence-electron chi connectivity index (χ3n) is 3.34. The predicted molar refractivity (Wildman–Crippen MR) is 103 cm³/mol. The number of amides is 1. The lowest BCUT2D eigenvalue weighted by Crippen LogP contribution is -2.15. The highest BCUT2D eigenvalue weighted by molar-refractivity contribution is 7.99. The number of nitrogens with zero attached hydrogens (tertiary/aromatic N) is 3. The summed E-state index contributed by atoms with van der Waals surface area (Å²) in [6.45, 7) is 0.0275. The predicted octanol–water partition coefficient (Wildman–Crippen LogP) is 3.94. The van der Waals surface area contributed by atoms with Gasteiger partial charge >= 0.3 is 0 Å². The summed E-state index contributed by atoms with van der Waals surface area (Å²) < 4.78 is 10.9. The molecule has 0 aliphatic rings. The Hall–Kier alpha value is -3.11. The summed E-state index contributed by atoms with van der Waals surface area (Å²) in [6.07, 6.45) is 0. The first-order valence-electron chi connectivity index (χ1n) is 7.88. The van der Waals surface area contributed by atoms with Gasteiger partial charge in [-0.3, -0.25) is 14.9 Å². The molecule has 1 heterocycles. The molecule has 28 heavy (non-hydrogen) atoms. The number of para-hydroxylation sites is 3. The monoisotopic (exact) mass is 420 g/mol. The Morgan fingerprint density at radius 3 is 2.75 bits per heavy atom. The zero-order valence-electron chi connectivity index (χ0n) is 14.2. The summed E-state index contributed by atoms with van der Waals surface area (Å²) in [7, 11) is 0. The highest BCUT2D eigenvalue weighted by Gasteiger charge is 2.16. The van der Waals surface area contributed by atoms with Gasteiger partial charge in [0.25, 0.3) is 16.8 Å². The molecule has 2 aromatic carbocycles. The Morgan fingerprint density at radius 2 is 1.96 bits per heavy atom. The molecule has 1 amide bonds. The van der Waals surface area contributed by atoms with Gasteiger partial charge in [-0.2, -0.15) is 0 Å². The van der Waals surface area contributed by atoms with Gasteiger partial charge in [0.15, 0.2) is 6.61 Å². The van der Waals surface area contributed by atoms with Gasteiger partial charge < -0.3 is 14.5 Å². The second kappa shape index (κ2) is 9.20. The minimum Gasteiger partial charge on any atom is -0.482 e. The molecule has 3 rings (SSSR count). The Kier molecular flexibility index (Phi) is 6.45. The summed E-state index contributed by atoms with van der Waals surface area (Å²) in [6, 6.07) is 12.9. The van der Waals surface area contributed by atoms with Crippen molar-refractivity contribution in [1.29, 1.82) is 0 Å². The topological polar surface area (TPSA) is 120 Å². The van der Waals surface area contributed by atoms with Gasteiger partial charge in [0.1, 0.15) is 11.4 Å². The third kappa shape index (κ3) is 5.21. The highest BCUT2D eigenvalue weighted by Crippen LogP contribution is 2.25. The third-order valence-corrected chi connectivity index (χ3v) is 4.47. The van der Waals surface area contributed by atoms with Crippen molar-refractivity contribution < 1.29 is 18.9 Å². The maximum absolute atomic E-state index is 12.0. The fourth-order valence-corrected chi connectivity index (χ4v) is 2.88. The minimum absolute atomic E-state index is 0.0275. The second-order valence-electron chi connectivity index (χ2n) is 5.29. The van der Waals surface area contributed by atoms with Crippen LogP contribution in [0.4, 0.5) is 11.4 Å². The van der Waals surface area contributed by atoms with E-state index in [-0.39, 0.29) is 34.8 Å². The molecule has 0 aliphatic heterocycles. The molecule has 0 saturated heterocycles. The SMILES string of the molecule is O=C(CSc1nnc(COc2ccccc2Cl)o1)Nc1ccccc1[N+](=O)[O-]. The van der Waals surface area contributed by atoms with Crippen LogP contribution >= 0.6 is 23.4 Å². The molecule has 0 bridgehead atoms. The Bertz CT molecular complexity index is 997. The smallest absolute Gasteiger partial charge is 0.292 e. The number of ether oxygens (including phenoxy) is 1. The summed E-state index contributed by atoms with van der Waals surface area (Å²) in [5.74, 6) is 0.215. The number of hydrogen-bond acceptors (Lipinski definition) is 8. The zero-order chi connectivity index (χ0) is 19.9. The number of carbonyl (C=O) groups excluding carboxylic acids is 1. The molecule has 11 heteroatoms. The number of benzene rings is 2. The van der Waals surface area contributed by atoms with Crippen LogP contribution in [0.5, 0.6) is 5.75 Å². The normalized spacial score (nSPS) is 10.5. The van der Waals surface area contributed by atoms with E-state index >= 15 is 0 Å². The number of aromatic nitrogens is 2. The van der Waals surface area contributed by atoms with E-state index in [1.807, 2.05) is 0 Å². The zero-order valence-corrected chi connectivity index (χ0v) is 15.8. The number of thioether (sulfide) groups is 1. The number of carbonyl (C=O) groups is 1. The number of anilines is 1. The van der Waals surface area contributed by atoms with Gasteiger partial charge in [0.05, 0.1) is 15.7 Å². The molecule has 3 aromatic rings. The summed E-state index contributed by atoms with van der Waals surface area (Å²) in [4.78, 5) is 22.4. The van der Waals surface area contributed by atoms with Crippen molar-refractivity contribution >= 4 is 40.6 Å². The lowest BCUT2D eigenvalue weighted by atomic mass is 10.2. The fraction of sp³-hybridized carbons (Fsp3) is 0.118. The summed E-state index contributed by atoms with van der Waals surface area (Å²) in [5, 5.41) is 21.7. The fourth-order valence-electron chi connectivity index (χ4n) is 2.11. The molecule has 144 valence electrons. The number of hydrogen-bond donors (Lipinski definition) is 1. The molecule has 0 aliphatic carbocycles. The maximum Gasteiger partial charge on any atom is 0.292 e. The average Bonchev–Trinajstić information content (AvgIpc) is 3.14. The molecule has 0 unspecified atom stereocenters. The number of nitro groups is 1. The van der Waals surface area contributed by atoms with Crippen molar-refractivity contribution in [2.45, 2.75) is 11.8 Å². The van der Waals surface area contributed by atoms with E-state index in [2.05, 4.69) is 15.5 Å². The first kappa shape index (κ1) is 19.6.